The summed E-state index contributed by atoms with van der Waals surface area (Å²) in [6.07, 6.45) is 13.7. The number of carbonyl (C=O) groups is 2. The van der Waals surface area contributed by atoms with Crippen LogP contribution in [0.4, 0.5) is 0 Å². The molecule has 0 aromatic rings. The lowest BCUT2D eigenvalue weighted by molar-refractivity contribution is -0.134. The minimum atomic E-state index is -0.833. The maximum Gasteiger partial charge on any atom is 0.300 e. The van der Waals surface area contributed by atoms with Crippen molar-refractivity contribution in [1.82, 2.24) is 5.32 Å². The van der Waals surface area contributed by atoms with Crippen LogP contribution in [0.3, 0.4) is 0 Å². The third kappa shape index (κ3) is 30.1. The number of rotatable bonds is 15. The molecule has 7 nitrogen and oxygen atoms in total. The zero-order valence-electron chi connectivity index (χ0n) is 16.8. The Balaban J connectivity index is 0. The van der Waals surface area contributed by atoms with E-state index in [0.29, 0.717) is 13.0 Å². The Morgan fingerprint density at radius 2 is 1.38 bits per heavy atom. The van der Waals surface area contributed by atoms with E-state index in [4.69, 9.17) is 21.4 Å². The highest BCUT2D eigenvalue weighted by Gasteiger charge is 2.00. The molecule has 0 heterocycles. The van der Waals surface area contributed by atoms with Gasteiger partial charge in [-0.05, 0) is 19.3 Å². The highest BCUT2D eigenvalue weighted by molar-refractivity contribution is 5.76. The van der Waals surface area contributed by atoms with E-state index < -0.39 is 5.97 Å². The summed E-state index contributed by atoms with van der Waals surface area (Å²) >= 11 is 0. The predicted octanol–water partition coefficient (Wildman–Crippen LogP) is 3.17. The van der Waals surface area contributed by atoms with Crippen molar-refractivity contribution < 1.29 is 14.7 Å². The number of carboxylic acid groups (broad SMARTS) is 1. The Hall–Kier alpha value is -1.79. The number of unbranched alkanes of at least 4 members (excludes halogenated alkanes) is 9. The molecule has 1 amide bonds. The van der Waals surface area contributed by atoms with Gasteiger partial charge in [0.2, 0.25) is 5.91 Å². The molecule has 0 unspecified atom stereocenters. The first-order chi connectivity index (χ1) is 12.4. The summed E-state index contributed by atoms with van der Waals surface area (Å²) in [6.45, 7) is 4.80. The molecule has 0 rings (SSSR count). The minimum absolute atomic E-state index is 0.164. The van der Waals surface area contributed by atoms with Gasteiger partial charge in [-0.2, -0.15) is 0 Å². The fraction of sp³-hybridized carbons (Fsp3) is 0.842. The first-order valence-corrected chi connectivity index (χ1v) is 9.91. The highest BCUT2D eigenvalue weighted by atomic mass is 16.4. The predicted molar refractivity (Wildman–Crippen MR) is 108 cm³/mol. The van der Waals surface area contributed by atoms with E-state index in [0.717, 1.165) is 45.6 Å². The third-order valence-electron chi connectivity index (χ3n) is 3.71. The maximum absolute atomic E-state index is 11.6. The Morgan fingerprint density at radius 1 is 0.885 bits per heavy atom. The quantitative estimate of drug-likeness (QED) is 0.199. The molecule has 26 heavy (non-hydrogen) atoms. The molecule has 154 valence electrons. The molecule has 0 saturated heterocycles. The van der Waals surface area contributed by atoms with E-state index in [-0.39, 0.29) is 11.9 Å². The first-order valence-electron chi connectivity index (χ1n) is 9.91. The van der Waals surface area contributed by atoms with E-state index in [1.807, 2.05) is 0 Å². The van der Waals surface area contributed by atoms with Crippen LogP contribution in [0.2, 0.25) is 0 Å². The fourth-order valence-corrected chi connectivity index (χ4v) is 2.36. The summed E-state index contributed by atoms with van der Waals surface area (Å²) in [5, 5.41) is 10.4. The van der Waals surface area contributed by atoms with Gasteiger partial charge in [-0.25, -0.2) is 0 Å². The Morgan fingerprint density at radius 3 is 1.96 bits per heavy atom. The molecule has 0 spiro atoms. The van der Waals surface area contributed by atoms with Crippen molar-refractivity contribution >= 4 is 17.8 Å². The van der Waals surface area contributed by atoms with Gasteiger partial charge in [-0.1, -0.05) is 58.3 Å². The summed E-state index contributed by atoms with van der Waals surface area (Å²) in [5.74, 6) is -0.466. The van der Waals surface area contributed by atoms with Gasteiger partial charge in [0, 0.05) is 26.4 Å². The zero-order chi connectivity index (χ0) is 20.0. The van der Waals surface area contributed by atoms with Crippen LogP contribution in [0, 0.1) is 0 Å². The number of nitrogens with one attached hydrogen (secondary N) is 1. The van der Waals surface area contributed by atoms with Crippen LogP contribution in [-0.4, -0.2) is 36.0 Å². The fourth-order valence-electron chi connectivity index (χ4n) is 2.36. The molecule has 0 aromatic heterocycles. The monoisotopic (exact) mass is 372 g/mol. The zero-order valence-corrected chi connectivity index (χ0v) is 16.8. The standard InChI is InChI=1S/C17H36N4O.C2H4O2/c1-2-3-4-5-6-7-10-13-16(22)20-14-11-8-9-12-15-21-17(18)19;1-2(3)4/h2-15H2,1H3,(H,20,22)(H4,18,19,21);1H3,(H,3,4). The van der Waals surface area contributed by atoms with Crippen LogP contribution < -0.4 is 16.8 Å². The number of guanidine groups is 1. The number of aliphatic imine (C=N–C) groups is 1. The SMILES string of the molecule is CC(=O)O.CCCCCCCCCC(=O)NCCCCCCN=C(N)N. The van der Waals surface area contributed by atoms with Crippen LogP contribution in [0.15, 0.2) is 4.99 Å². The molecule has 7 heteroatoms. The van der Waals surface area contributed by atoms with Gasteiger partial charge in [0.1, 0.15) is 0 Å². The minimum Gasteiger partial charge on any atom is -0.481 e. The summed E-state index contributed by atoms with van der Waals surface area (Å²) in [5.41, 5.74) is 10.5. The highest BCUT2D eigenvalue weighted by Crippen LogP contribution is 2.08. The van der Waals surface area contributed by atoms with Gasteiger partial charge in [-0.15, -0.1) is 0 Å². The third-order valence-corrected chi connectivity index (χ3v) is 3.71. The van der Waals surface area contributed by atoms with Crippen LogP contribution in [0.25, 0.3) is 0 Å². The van der Waals surface area contributed by atoms with Crippen LogP contribution in [0.5, 0.6) is 0 Å². The molecule has 0 saturated carbocycles. The van der Waals surface area contributed by atoms with E-state index in [1.54, 1.807) is 0 Å². The van der Waals surface area contributed by atoms with Crippen molar-refractivity contribution in [2.75, 3.05) is 13.1 Å². The summed E-state index contributed by atoms with van der Waals surface area (Å²) in [4.78, 5) is 24.6. The van der Waals surface area contributed by atoms with E-state index in [2.05, 4.69) is 17.2 Å². The molecule has 6 N–H and O–H groups in total. The lowest BCUT2D eigenvalue weighted by atomic mass is 10.1. The summed E-state index contributed by atoms with van der Waals surface area (Å²) in [6, 6.07) is 0. The number of amides is 1. The lowest BCUT2D eigenvalue weighted by Crippen LogP contribution is -2.24. The number of nitrogens with zero attached hydrogens (tertiary/aromatic N) is 1. The Kier molecular flexibility index (Phi) is 21.6. The van der Waals surface area contributed by atoms with E-state index >= 15 is 0 Å². The second kappa shape index (κ2) is 21.3. The molecule has 0 radical (unpaired) electrons. The molecular formula is C19H40N4O3. The second-order valence-corrected chi connectivity index (χ2v) is 6.46. The van der Waals surface area contributed by atoms with Crippen molar-refractivity contribution in [3.05, 3.63) is 0 Å². The number of nitrogens with two attached hydrogens (primary N) is 2. The van der Waals surface area contributed by atoms with E-state index in [1.165, 1.54) is 38.5 Å². The molecule has 0 bridgehead atoms. The molecule has 0 aliphatic rings. The second-order valence-electron chi connectivity index (χ2n) is 6.46. The van der Waals surface area contributed by atoms with Gasteiger partial charge in [0.15, 0.2) is 5.96 Å². The van der Waals surface area contributed by atoms with Crippen molar-refractivity contribution in [2.24, 2.45) is 16.5 Å². The van der Waals surface area contributed by atoms with Crippen molar-refractivity contribution in [3.8, 4) is 0 Å². The number of hydrogen-bond donors (Lipinski definition) is 4. The molecular weight excluding hydrogens is 332 g/mol. The van der Waals surface area contributed by atoms with Gasteiger partial charge in [-0.3, -0.25) is 14.6 Å². The van der Waals surface area contributed by atoms with Crippen molar-refractivity contribution in [3.63, 3.8) is 0 Å². The molecule has 0 fully saturated rings. The number of hydrogen-bond acceptors (Lipinski definition) is 3. The molecule has 0 aromatic carbocycles. The largest absolute Gasteiger partial charge is 0.481 e. The Bertz CT molecular complexity index is 366. The first kappa shape index (κ1) is 26.4. The van der Waals surface area contributed by atoms with Crippen LogP contribution in [0.1, 0.15) is 90.9 Å². The molecule has 0 aliphatic heterocycles. The van der Waals surface area contributed by atoms with Gasteiger partial charge in [0.25, 0.3) is 5.97 Å². The van der Waals surface area contributed by atoms with E-state index in [9.17, 15) is 4.79 Å². The Labute approximate surface area is 159 Å². The topological polar surface area (TPSA) is 131 Å². The normalized spacial score (nSPS) is 9.77. The lowest BCUT2D eigenvalue weighted by Gasteiger charge is -2.05. The van der Waals surface area contributed by atoms with Gasteiger partial charge in [0.05, 0.1) is 0 Å². The van der Waals surface area contributed by atoms with Gasteiger partial charge >= 0.3 is 0 Å². The average Bonchev–Trinajstić information content (AvgIpc) is 2.55. The smallest absolute Gasteiger partial charge is 0.300 e. The number of carboxylic acids is 1. The van der Waals surface area contributed by atoms with Crippen molar-refractivity contribution in [2.45, 2.75) is 90.9 Å². The number of aliphatic carboxylic acids is 1. The molecule has 0 aliphatic carbocycles. The maximum atomic E-state index is 11.6. The average molecular weight is 373 g/mol. The molecule has 0 atom stereocenters. The summed E-state index contributed by atoms with van der Waals surface area (Å²) in [7, 11) is 0. The van der Waals surface area contributed by atoms with Crippen LogP contribution >= 0.6 is 0 Å². The van der Waals surface area contributed by atoms with Crippen LogP contribution in [-0.2, 0) is 9.59 Å². The number of carbonyl (C=O) groups excluding carboxylic acids is 1. The van der Waals surface area contributed by atoms with Crippen molar-refractivity contribution in [1.29, 1.82) is 0 Å². The summed E-state index contributed by atoms with van der Waals surface area (Å²) < 4.78 is 0. The van der Waals surface area contributed by atoms with Gasteiger partial charge < -0.3 is 21.9 Å².